The quantitative estimate of drug-likeness (QED) is 0.750. The van der Waals surface area contributed by atoms with Gasteiger partial charge in [-0.1, -0.05) is 19.1 Å². The third kappa shape index (κ3) is 4.01. The maximum absolute atomic E-state index is 13.0. The second kappa shape index (κ2) is 8.02. The van der Waals surface area contributed by atoms with Crippen LogP contribution in [-0.2, 0) is 26.0 Å². The highest BCUT2D eigenvalue weighted by atomic mass is 32.2. The van der Waals surface area contributed by atoms with Crippen LogP contribution in [0.3, 0.4) is 0 Å². The van der Waals surface area contributed by atoms with Crippen LogP contribution in [0.5, 0.6) is 5.75 Å². The largest absolute Gasteiger partial charge is 0.495 e. The van der Waals surface area contributed by atoms with Gasteiger partial charge in [0.2, 0.25) is 11.8 Å². The van der Waals surface area contributed by atoms with Crippen molar-refractivity contribution in [2.75, 3.05) is 16.7 Å². The van der Waals surface area contributed by atoms with Crippen molar-refractivity contribution in [1.29, 1.82) is 0 Å². The normalized spacial score (nSPS) is 14.9. The fourth-order valence-electron chi connectivity index (χ4n) is 3.07. The van der Waals surface area contributed by atoms with Crippen LogP contribution in [0.15, 0.2) is 47.4 Å². The standard InChI is InChI=1S/C20H22N2O5S/c1-3-14-7-9-15(10-8-14)21-28(25,26)18-13-16(11-12-17(18)27-2)22-19(23)5-4-6-20(22)24/h7-13,21H,3-6H2,1-2H3. The van der Waals surface area contributed by atoms with Gasteiger partial charge in [0.15, 0.2) is 0 Å². The number of sulfonamides is 1. The molecule has 0 aliphatic carbocycles. The van der Waals surface area contributed by atoms with E-state index in [1.54, 1.807) is 12.1 Å². The summed E-state index contributed by atoms with van der Waals surface area (Å²) in [5.41, 5.74) is 1.72. The second-order valence-corrected chi connectivity index (χ2v) is 8.12. The molecule has 0 aromatic heterocycles. The van der Waals surface area contributed by atoms with Crippen molar-refractivity contribution in [3.8, 4) is 5.75 Å². The molecule has 0 atom stereocenters. The van der Waals surface area contributed by atoms with Gasteiger partial charge in [-0.25, -0.2) is 8.42 Å². The van der Waals surface area contributed by atoms with E-state index < -0.39 is 10.0 Å². The molecule has 1 N–H and O–H groups in total. The first-order valence-corrected chi connectivity index (χ1v) is 10.5. The highest BCUT2D eigenvalue weighted by Crippen LogP contribution is 2.32. The van der Waals surface area contributed by atoms with Gasteiger partial charge in [-0.2, -0.15) is 0 Å². The lowest BCUT2D eigenvalue weighted by Crippen LogP contribution is -2.40. The Morgan fingerprint density at radius 1 is 1.04 bits per heavy atom. The van der Waals surface area contributed by atoms with Gasteiger partial charge in [0.05, 0.1) is 12.8 Å². The van der Waals surface area contributed by atoms with Crippen LogP contribution in [0.2, 0.25) is 0 Å². The predicted octanol–water partition coefficient (Wildman–Crippen LogP) is 3.10. The minimum absolute atomic E-state index is 0.123. The minimum atomic E-state index is -4.00. The fourth-order valence-corrected chi connectivity index (χ4v) is 4.32. The summed E-state index contributed by atoms with van der Waals surface area (Å²) < 4.78 is 33.6. The molecule has 1 fully saturated rings. The Balaban J connectivity index is 1.98. The number of piperidine rings is 1. The van der Waals surface area contributed by atoms with E-state index in [4.69, 9.17) is 4.74 Å². The Morgan fingerprint density at radius 3 is 2.25 bits per heavy atom. The summed E-state index contributed by atoms with van der Waals surface area (Å²) in [5, 5.41) is 0. The molecule has 148 valence electrons. The molecule has 1 saturated heterocycles. The number of aryl methyl sites for hydroxylation is 1. The molecule has 2 amide bonds. The molecule has 0 saturated carbocycles. The number of rotatable bonds is 6. The molecule has 3 rings (SSSR count). The van der Waals surface area contributed by atoms with Gasteiger partial charge in [0.1, 0.15) is 10.6 Å². The van der Waals surface area contributed by atoms with Gasteiger partial charge in [-0.3, -0.25) is 19.2 Å². The van der Waals surface area contributed by atoms with Crippen molar-refractivity contribution < 1.29 is 22.7 Å². The third-order valence-electron chi connectivity index (χ3n) is 4.59. The number of hydrogen-bond acceptors (Lipinski definition) is 5. The van der Waals surface area contributed by atoms with Crippen LogP contribution in [0.4, 0.5) is 11.4 Å². The maximum Gasteiger partial charge on any atom is 0.265 e. The first-order valence-electron chi connectivity index (χ1n) is 9.01. The Bertz CT molecular complexity index is 984. The molecule has 0 bridgehead atoms. The summed E-state index contributed by atoms with van der Waals surface area (Å²) in [6.45, 7) is 2.01. The van der Waals surface area contributed by atoms with Crippen LogP contribution < -0.4 is 14.4 Å². The molecule has 2 aromatic rings. The van der Waals surface area contributed by atoms with E-state index in [2.05, 4.69) is 4.72 Å². The van der Waals surface area contributed by atoms with Crippen molar-refractivity contribution in [3.05, 3.63) is 48.0 Å². The van der Waals surface area contributed by atoms with Crippen molar-refractivity contribution in [3.63, 3.8) is 0 Å². The summed E-state index contributed by atoms with van der Waals surface area (Å²) in [6.07, 6.45) is 1.86. The summed E-state index contributed by atoms with van der Waals surface area (Å²) in [6, 6.07) is 11.3. The molecule has 0 unspecified atom stereocenters. The van der Waals surface area contributed by atoms with Crippen LogP contribution in [0, 0.1) is 0 Å². The third-order valence-corrected chi connectivity index (χ3v) is 5.99. The lowest BCUT2D eigenvalue weighted by Gasteiger charge is -2.25. The molecule has 1 aliphatic heterocycles. The Kier molecular flexibility index (Phi) is 5.69. The van der Waals surface area contributed by atoms with Crippen LogP contribution >= 0.6 is 0 Å². The number of anilines is 2. The zero-order valence-electron chi connectivity index (χ0n) is 15.8. The summed E-state index contributed by atoms with van der Waals surface area (Å²) in [4.78, 5) is 25.3. The van der Waals surface area contributed by atoms with E-state index in [-0.39, 0.29) is 41.0 Å². The molecule has 28 heavy (non-hydrogen) atoms. The first-order chi connectivity index (χ1) is 13.4. The van der Waals surface area contributed by atoms with Crippen molar-refractivity contribution in [2.45, 2.75) is 37.5 Å². The number of imide groups is 1. The smallest absolute Gasteiger partial charge is 0.265 e. The van der Waals surface area contributed by atoms with Crippen LogP contribution in [0.1, 0.15) is 31.7 Å². The number of hydrogen-bond donors (Lipinski definition) is 1. The average molecular weight is 402 g/mol. The number of carbonyl (C=O) groups is 2. The number of amides is 2. The Labute approximate surface area is 164 Å². The van der Waals surface area contributed by atoms with Crippen LogP contribution in [-0.4, -0.2) is 27.3 Å². The second-order valence-electron chi connectivity index (χ2n) is 6.47. The van der Waals surface area contributed by atoms with Gasteiger partial charge in [-0.05, 0) is 48.7 Å². The molecule has 2 aromatic carbocycles. The lowest BCUT2D eigenvalue weighted by atomic mass is 10.1. The number of carbonyl (C=O) groups excluding carboxylic acids is 2. The van der Waals surface area contributed by atoms with E-state index in [0.717, 1.165) is 16.9 Å². The van der Waals surface area contributed by atoms with Gasteiger partial charge < -0.3 is 4.74 Å². The zero-order chi connectivity index (χ0) is 20.3. The summed E-state index contributed by atoms with van der Waals surface area (Å²) in [7, 11) is -2.63. The first kappa shape index (κ1) is 19.9. The van der Waals surface area contributed by atoms with E-state index in [9.17, 15) is 18.0 Å². The number of ether oxygens (including phenoxy) is 1. The van der Waals surface area contributed by atoms with E-state index in [1.807, 2.05) is 19.1 Å². The number of nitrogens with zero attached hydrogens (tertiary/aromatic N) is 1. The molecule has 7 nitrogen and oxygen atoms in total. The summed E-state index contributed by atoms with van der Waals surface area (Å²) in [5.74, 6) is -0.556. The Morgan fingerprint density at radius 2 is 1.68 bits per heavy atom. The highest BCUT2D eigenvalue weighted by molar-refractivity contribution is 7.92. The number of nitrogens with one attached hydrogen (secondary N) is 1. The van der Waals surface area contributed by atoms with E-state index in [0.29, 0.717) is 12.1 Å². The molecule has 0 spiro atoms. The number of benzene rings is 2. The zero-order valence-corrected chi connectivity index (χ0v) is 16.6. The number of methoxy groups -OCH3 is 1. The van der Waals surface area contributed by atoms with Crippen molar-refractivity contribution in [2.24, 2.45) is 0 Å². The predicted molar refractivity (Wildman–Crippen MR) is 106 cm³/mol. The molecular weight excluding hydrogens is 380 g/mol. The SMILES string of the molecule is CCc1ccc(NS(=O)(=O)c2cc(N3C(=O)CCCC3=O)ccc2OC)cc1. The maximum atomic E-state index is 13.0. The molecule has 8 heteroatoms. The molecule has 0 radical (unpaired) electrons. The van der Waals surface area contributed by atoms with Crippen LogP contribution in [0.25, 0.3) is 0 Å². The van der Waals surface area contributed by atoms with Gasteiger partial charge in [0.25, 0.3) is 10.0 Å². The minimum Gasteiger partial charge on any atom is -0.495 e. The lowest BCUT2D eigenvalue weighted by molar-refractivity contribution is -0.129. The molecule has 1 heterocycles. The highest BCUT2D eigenvalue weighted by Gasteiger charge is 2.29. The molecular formula is C20H22N2O5S. The van der Waals surface area contributed by atoms with Gasteiger partial charge in [-0.15, -0.1) is 0 Å². The molecule has 1 aliphatic rings. The average Bonchev–Trinajstić information content (AvgIpc) is 2.68. The van der Waals surface area contributed by atoms with E-state index >= 15 is 0 Å². The van der Waals surface area contributed by atoms with Gasteiger partial charge in [0, 0.05) is 18.5 Å². The van der Waals surface area contributed by atoms with Gasteiger partial charge >= 0.3 is 0 Å². The summed E-state index contributed by atoms with van der Waals surface area (Å²) >= 11 is 0. The van der Waals surface area contributed by atoms with Crippen molar-refractivity contribution in [1.82, 2.24) is 0 Å². The van der Waals surface area contributed by atoms with E-state index in [1.165, 1.54) is 25.3 Å². The Hall–Kier alpha value is -2.87. The monoisotopic (exact) mass is 402 g/mol. The topological polar surface area (TPSA) is 92.8 Å². The van der Waals surface area contributed by atoms with Crippen molar-refractivity contribution >= 4 is 33.2 Å². The fraction of sp³-hybridized carbons (Fsp3) is 0.300.